The van der Waals surface area contributed by atoms with Crippen molar-refractivity contribution in [2.24, 2.45) is 11.8 Å². The van der Waals surface area contributed by atoms with Crippen molar-refractivity contribution in [3.63, 3.8) is 0 Å². The summed E-state index contributed by atoms with van der Waals surface area (Å²) >= 11 is 1.65. The van der Waals surface area contributed by atoms with Gasteiger partial charge >= 0.3 is 5.97 Å². The van der Waals surface area contributed by atoms with Crippen LogP contribution in [0.1, 0.15) is 6.42 Å². The average Bonchev–Trinajstić information content (AvgIpc) is 2.83. The smallest absolute Gasteiger partial charge is 0.307 e. The van der Waals surface area contributed by atoms with Crippen molar-refractivity contribution >= 4 is 23.6 Å². The van der Waals surface area contributed by atoms with E-state index in [0.29, 0.717) is 13.0 Å². The molecule has 0 saturated heterocycles. The molecule has 1 fully saturated rings. The topological polar surface area (TPSA) is 66.4 Å². The van der Waals surface area contributed by atoms with Crippen molar-refractivity contribution in [2.75, 3.05) is 18.6 Å². The second-order valence-electron chi connectivity index (χ2n) is 3.07. The van der Waals surface area contributed by atoms with Gasteiger partial charge in [-0.2, -0.15) is 11.8 Å². The molecule has 1 aliphatic rings. The first-order valence-electron chi connectivity index (χ1n) is 4.16. The highest BCUT2D eigenvalue weighted by Crippen LogP contribution is 2.38. The van der Waals surface area contributed by atoms with Gasteiger partial charge in [0.25, 0.3) is 0 Å². The number of carboxylic acids is 1. The lowest BCUT2D eigenvalue weighted by Crippen LogP contribution is -2.28. The molecule has 1 rings (SSSR count). The molecule has 0 aromatic heterocycles. The molecule has 0 aromatic carbocycles. The summed E-state index contributed by atoms with van der Waals surface area (Å²) in [7, 11) is 0. The quantitative estimate of drug-likeness (QED) is 0.626. The molecule has 4 nitrogen and oxygen atoms in total. The summed E-state index contributed by atoms with van der Waals surface area (Å²) < 4.78 is 0. The van der Waals surface area contributed by atoms with E-state index in [1.165, 1.54) is 0 Å². The number of aliphatic carboxylic acids is 1. The van der Waals surface area contributed by atoms with E-state index in [0.717, 1.165) is 5.75 Å². The number of carbonyl (C=O) groups excluding carboxylic acids is 1. The summed E-state index contributed by atoms with van der Waals surface area (Å²) in [4.78, 5) is 21.6. The van der Waals surface area contributed by atoms with E-state index in [1.54, 1.807) is 11.8 Å². The molecule has 74 valence electrons. The Morgan fingerprint density at radius 1 is 1.54 bits per heavy atom. The third-order valence-corrected chi connectivity index (χ3v) is 2.66. The molecule has 2 atom stereocenters. The lowest BCUT2D eigenvalue weighted by atomic mass is 10.3. The zero-order valence-electron chi connectivity index (χ0n) is 7.45. The van der Waals surface area contributed by atoms with Gasteiger partial charge in [-0.25, -0.2) is 0 Å². The highest BCUT2D eigenvalue weighted by molar-refractivity contribution is 7.98. The Morgan fingerprint density at radius 2 is 2.23 bits per heavy atom. The van der Waals surface area contributed by atoms with Gasteiger partial charge in [0.15, 0.2) is 0 Å². The summed E-state index contributed by atoms with van der Waals surface area (Å²) in [6.45, 7) is 0.628. The number of nitrogens with one attached hydrogen (secondary N) is 1. The van der Waals surface area contributed by atoms with E-state index in [-0.39, 0.29) is 11.8 Å². The lowest BCUT2D eigenvalue weighted by molar-refractivity contribution is -0.140. The number of carbonyl (C=O) groups is 2. The first-order valence-corrected chi connectivity index (χ1v) is 5.55. The highest BCUT2D eigenvalue weighted by atomic mass is 32.2. The minimum absolute atomic E-state index is 0.110. The maximum Gasteiger partial charge on any atom is 0.307 e. The van der Waals surface area contributed by atoms with Crippen molar-refractivity contribution in [3.05, 3.63) is 0 Å². The molecular weight excluding hydrogens is 190 g/mol. The molecule has 0 radical (unpaired) electrons. The van der Waals surface area contributed by atoms with Crippen LogP contribution < -0.4 is 5.32 Å². The largest absolute Gasteiger partial charge is 0.481 e. The number of hydrogen-bond acceptors (Lipinski definition) is 3. The molecule has 13 heavy (non-hydrogen) atoms. The Balaban J connectivity index is 2.16. The Labute approximate surface area is 81.1 Å². The molecule has 0 bridgehead atoms. The second kappa shape index (κ2) is 4.50. The summed E-state index contributed by atoms with van der Waals surface area (Å²) in [5, 5.41) is 11.3. The highest BCUT2D eigenvalue weighted by Gasteiger charge is 2.48. The molecule has 2 N–H and O–H groups in total. The molecule has 0 aliphatic heterocycles. The van der Waals surface area contributed by atoms with Crippen LogP contribution in [0.5, 0.6) is 0 Å². The summed E-state index contributed by atoms with van der Waals surface area (Å²) in [5.74, 6) is -0.809. The third kappa shape index (κ3) is 2.91. The third-order valence-electron chi connectivity index (χ3n) is 2.05. The SMILES string of the molecule is CSCCNC(=O)[C@@H]1C[C@@H]1C(=O)O. The van der Waals surface area contributed by atoms with Gasteiger partial charge in [-0.05, 0) is 12.7 Å². The van der Waals surface area contributed by atoms with Crippen LogP contribution in [-0.2, 0) is 9.59 Å². The van der Waals surface area contributed by atoms with Crippen LogP contribution in [0.25, 0.3) is 0 Å². The van der Waals surface area contributed by atoms with Gasteiger partial charge in [-0.1, -0.05) is 0 Å². The van der Waals surface area contributed by atoms with Gasteiger partial charge in [0.1, 0.15) is 0 Å². The Kier molecular flexibility index (Phi) is 3.59. The van der Waals surface area contributed by atoms with Crippen molar-refractivity contribution in [1.82, 2.24) is 5.32 Å². The van der Waals surface area contributed by atoms with Crippen LogP contribution in [0.4, 0.5) is 0 Å². The Bertz CT molecular complexity index is 219. The minimum Gasteiger partial charge on any atom is -0.481 e. The average molecular weight is 203 g/mol. The fraction of sp³-hybridized carbons (Fsp3) is 0.750. The Hall–Kier alpha value is -0.710. The van der Waals surface area contributed by atoms with Crippen molar-refractivity contribution in [1.29, 1.82) is 0 Å². The van der Waals surface area contributed by atoms with Crippen LogP contribution in [0.2, 0.25) is 0 Å². The lowest BCUT2D eigenvalue weighted by Gasteiger charge is -2.01. The summed E-state index contributed by atoms with van der Waals surface area (Å²) in [6.07, 6.45) is 2.46. The van der Waals surface area contributed by atoms with Gasteiger partial charge in [-0.3, -0.25) is 9.59 Å². The maximum absolute atomic E-state index is 11.2. The van der Waals surface area contributed by atoms with E-state index in [2.05, 4.69) is 5.32 Å². The monoisotopic (exact) mass is 203 g/mol. The predicted molar refractivity (Wildman–Crippen MR) is 50.6 cm³/mol. The zero-order valence-corrected chi connectivity index (χ0v) is 8.26. The Morgan fingerprint density at radius 3 is 2.69 bits per heavy atom. The number of rotatable bonds is 5. The molecule has 0 unspecified atom stereocenters. The van der Waals surface area contributed by atoms with Crippen molar-refractivity contribution in [2.45, 2.75) is 6.42 Å². The standard InChI is InChI=1S/C8H13NO3S/c1-13-3-2-9-7(10)5-4-6(5)8(11)12/h5-6H,2-4H2,1H3,(H,9,10)(H,11,12)/t5-,6+/m1/s1. The van der Waals surface area contributed by atoms with Crippen LogP contribution in [-0.4, -0.2) is 35.5 Å². The number of hydrogen-bond donors (Lipinski definition) is 2. The molecule has 0 heterocycles. The molecule has 0 spiro atoms. The van der Waals surface area contributed by atoms with Crippen LogP contribution >= 0.6 is 11.8 Å². The van der Waals surface area contributed by atoms with Gasteiger partial charge in [0.2, 0.25) is 5.91 Å². The van der Waals surface area contributed by atoms with Gasteiger partial charge in [-0.15, -0.1) is 0 Å². The summed E-state index contributed by atoms with van der Waals surface area (Å²) in [6, 6.07) is 0. The molecule has 1 amide bonds. The van der Waals surface area contributed by atoms with Crippen molar-refractivity contribution < 1.29 is 14.7 Å². The minimum atomic E-state index is -0.856. The fourth-order valence-corrected chi connectivity index (χ4v) is 1.47. The fourth-order valence-electron chi connectivity index (χ4n) is 1.17. The molecule has 5 heteroatoms. The van der Waals surface area contributed by atoms with E-state index in [9.17, 15) is 9.59 Å². The second-order valence-corrected chi connectivity index (χ2v) is 4.06. The van der Waals surface area contributed by atoms with E-state index < -0.39 is 11.9 Å². The van der Waals surface area contributed by atoms with Gasteiger partial charge < -0.3 is 10.4 Å². The van der Waals surface area contributed by atoms with Crippen LogP contribution in [0.3, 0.4) is 0 Å². The number of thioether (sulfide) groups is 1. The molecular formula is C8H13NO3S. The number of carboxylic acid groups (broad SMARTS) is 1. The normalized spacial score (nSPS) is 25.3. The van der Waals surface area contributed by atoms with Crippen molar-refractivity contribution in [3.8, 4) is 0 Å². The van der Waals surface area contributed by atoms with Gasteiger partial charge in [0, 0.05) is 12.3 Å². The van der Waals surface area contributed by atoms with E-state index in [1.807, 2.05) is 6.26 Å². The zero-order chi connectivity index (χ0) is 9.84. The predicted octanol–water partition coefficient (Wildman–Crippen LogP) is 0.186. The van der Waals surface area contributed by atoms with Gasteiger partial charge in [0.05, 0.1) is 11.8 Å². The first kappa shape index (κ1) is 10.4. The molecule has 1 saturated carbocycles. The molecule has 0 aromatic rings. The van der Waals surface area contributed by atoms with Crippen LogP contribution in [0.15, 0.2) is 0 Å². The van der Waals surface area contributed by atoms with E-state index >= 15 is 0 Å². The first-order chi connectivity index (χ1) is 6.16. The van der Waals surface area contributed by atoms with Crippen LogP contribution in [0, 0.1) is 11.8 Å². The summed E-state index contributed by atoms with van der Waals surface area (Å²) in [5.41, 5.74) is 0. The number of amides is 1. The molecule has 1 aliphatic carbocycles. The van der Waals surface area contributed by atoms with E-state index in [4.69, 9.17) is 5.11 Å². The maximum atomic E-state index is 11.2.